The number of nitriles is 1. The fourth-order valence-electron chi connectivity index (χ4n) is 5.10. The Morgan fingerprint density at radius 1 is 1.20 bits per heavy atom. The molecular weight excluding hydrogens is 538 g/mol. The number of halogens is 2. The Morgan fingerprint density at radius 3 is 2.52 bits per heavy atom. The van der Waals surface area contributed by atoms with Gasteiger partial charge in [0, 0.05) is 31.8 Å². The summed E-state index contributed by atoms with van der Waals surface area (Å²) < 4.78 is 58.2. The van der Waals surface area contributed by atoms with Gasteiger partial charge < -0.3 is 9.13 Å². The van der Waals surface area contributed by atoms with Crippen LogP contribution in [0, 0.1) is 11.3 Å². The minimum Gasteiger partial charge on any atom is -0.321 e. The Bertz CT molecular complexity index is 1910. The van der Waals surface area contributed by atoms with Crippen molar-refractivity contribution in [1.29, 1.82) is 5.26 Å². The van der Waals surface area contributed by atoms with Crippen molar-refractivity contribution in [1.82, 2.24) is 24.1 Å². The van der Waals surface area contributed by atoms with Crippen LogP contribution < -0.4 is 5.56 Å². The smallest absolute Gasteiger partial charge is 0.285 e. The van der Waals surface area contributed by atoms with Crippen molar-refractivity contribution >= 4 is 20.9 Å². The van der Waals surface area contributed by atoms with E-state index in [9.17, 15) is 27.3 Å². The Labute approximate surface area is 229 Å². The van der Waals surface area contributed by atoms with Crippen LogP contribution in [0.3, 0.4) is 0 Å². The summed E-state index contributed by atoms with van der Waals surface area (Å²) in [5.74, 6) is -3.41. The summed E-state index contributed by atoms with van der Waals surface area (Å²) in [5, 5.41) is 9.58. The molecule has 4 aromatic rings. The van der Waals surface area contributed by atoms with Gasteiger partial charge in [-0.3, -0.25) is 14.8 Å². The second-order valence-corrected chi connectivity index (χ2v) is 12.9. The molecule has 0 spiro atoms. The van der Waals surface area contributed by atoms with Crippen LogP contribution in [0.5, 0.6) is 0 Å². The lowest BCUT2D eigenvalue weighted by Gasteiger charge is -2.17. The Morgan fingerprint density at radius 2 is 1.93 bits per heavy atom. The molecule has 2 aliphatic rings. The summed E-state index contributed by atoms with van der Waals surface area (Å²) >= 11 is 0. The molecule has 2 fully saturated rings. The fourth-order valence-corrected chi connectivity index (χ4v) is 6.15. The van der Waals surface area contributed by atoms with Gasteiger partial charge in [0.2, 0.25) is 0 Å². The molecule has 0 amide bonds. The number of pyridine rings is 3. The maximum absolute atomic E-state index is 14.5. The predicted molar refractivity (Wildman–Crippen MR) is 144 cm³/mol. The van der Waals surface area contributed by atoms with Gasteiger partial charge in [0.1, 0.15) is 11.2 Å². The Balaban J connectivity index is 1.55. The lowest BCUT2D eigenvalue weighted by molar-refractivity contribution is 0.00797. The number of alkyl halides is 2. The number of hydrogen-bond acceptors (Lipinski definition) is 7. The quantitative estimate of drug-likeness (QED) is 0.320. The fraction of sp³-hybridized carbons (Fsp3) is 0.393. The van der Waals surface area contributed by atoms with Crippen molar-refractivity contribution in [3.8, 4) is 28.8 Å². The van der Waals surface area contributed by atoms with Gasteiger partial charge in [0.25, 0.3) is 11.5 Å². The average molecular weight is 565 g/mol. The van der Waals surface area contributed by atoms with Crippen molar-refractivity contribution in [3.05, 3.63) is 58.3 Å². The van der Waals surface area contributed by atoms with Crippen LogP contribution in [0.1, 0.15) is 57.0 Å². The van der Waals surface area contributed by atoms with Gasteiger partial charge in [-0.1, -0.05) is 13.0 Å². The van der Waals surface area contributed by atoms with E-state index < -0.39 is 32.4 Å². The zero-order valence-electron chi connectivity index (χ0n) is 22.1. The molecule has 12 heteroatoms. The van der Waals surface area contributed by atoms with E-state index in [2.05, 4.69) is 21.0 Å². The first-order valence-electron chi connectivity index (χ1n) is 13.0. The monoisotopic (exact) mass is 564 g/mol. The van der Waals surface area contributed by atoms with Gasteiger partial charge in [-0.2, -0.15) is 5.26 Å². The molecule has 0 aromatic carbocycles. The highest BCUT2D eigenvalue weighted by Gasteiger charge is 2.46. The summed E-state index contributed by atoms with van der Waals surface area (Å²) in [5.41, 5.74) is 0.0624. The van der Waals surface area contributed by atoms with Crippen LogP contribution in [0.4, 0.5) is 8.78 Å². The third kappa shape index (κ3) is 4.11. The van der Waals surface area contributed by atoms with E-state index in [1.165, 1.54) is 29.8 Å². The van der Waals surface area contributed by atoms with Crippen LogP contribution in [0.25, 0.3) is 33.8 Å². The molecule has 40 heavy (non-hydrogen) atoms. The number of aryl methyl sites for hydroxylation is 1. The first kappa shape index (κ1) is 26.3. The lowest BCUT2D eigenvalue weighted by atomic mass is 10.0. The molecule has 0 saturated heterocycles. The summed E-state index contributed by atoms with van der Waals surface area (Å²) in [6.07, 6.45) is 4.16. The Hall–Kier alpha value is -3.98. The number of sulfone groups is 1. The number of fused-ring (bicyclic) bond motifs is 1. The van der Waals surface area contributed by atoms with Gasteiger partial charge in [-0.25, -0.2) is 22.2 Å². The van der Waals surface area contributed by atoms with Gasteiger partial charge in [0.05, 0.1) is 44.7 Å². The van der Waals surface area contributed by atoms with Crippen LogP contribution in [0.15, 0.2) is 46.2 Å². The SMILES string of the molecule is CCS(=O)(=O)c1cc(-c2cccc(C3(C#N)CC3)n2)cnc1-c1nc2cc(C(C)(F)F)n(C3CC3)c(=O)c2n1C. The molecule has 0 N–H and O–H groups in total. The largest absolute Gasteiger partial charge is 0.321 e. The average Bonchev–Trinajstić information content (AvgIpc) is 3.86. The minimum atomic E-state index is -3.84. The van der Waals surface area contributed by atoms with Crippen LogP contribution >= 0.6 is 0 Å². The number of hydrogen-bond donors (Lipinski definition) is 0. The van der Waals surface area contributed by atoms with Crippen LogP contribution in [0.2, 0.25) is 0 Å². The summed E-state index contributed by atoms with van der Waals surface area (Å²) in [6.45, 7) is 2.25. The van der Waals surface area contributed by atoms with Gasteiger partial charge in [-0.15, -0.1) is 0 Å². The molecule has 2 aliphatic carbocycles. The number of nitrogens with zero attached hydrogens (tertiary/aromatic N) is 6. The molecular formula is C28H26F2N6O3S. The molecule has 0 radical (unpaired) electrons. The number of rotatable bonds is 7. The molecule has 0 unspecified atom stereocenters. The second kappa shape index (κ2) is 8.76. The standard InChI is InChI=1S/C28H26F2N6O3S/c1-4-40(38,39)20-12-16(18-6-5-7-21(33-18)28(15-31)10-11-28)14-32-23(20)25-34-19-13-22(27(2,29)30)36(17-8-9-17)26(37)24(19)35(25)3/h5-7,12-14,17H,4,8-11H2,1-3H3. The maximum Gasteiger partial charge on any atom is 0.285 e. The molecule has 2 saturated carbocycles. The van der Waals surface area contributed by atoms with Crippen molar-refractivity contribution in [2.45, 2.75) is 61.8 Å². The third-order valence-electron chi connectivity index (χ3n) is 7.72. The summed E-state index contributed by atoms with van der Waals surface area (Å²) in [7, 11) is -2.30. The second-order valence-electron chi connectivity index (χ2n) is 10.6. The van der Waals surface area contributed by atoms with Crippen molar-refractivity contribution in [2.24, 2.45) is 7.05 Å². The van der Waals surface area contributed by atoms with E-state index in [0.29, 0.717) is 42.6 Å². The maximum atomic E-state index is 14.5. The van der Waals surface area contributed by atoms with Crippen LogP contribution in [-0.2, 0) is 28.2 Å². The highest BCUT2D eigenvalue weighted by Crippen LogP contribution is 2.47. The lowest BCUT2D eigenvalue weighted by Crippen LogP contribution is -2.28. The van der Waals surface area contributed by atoms with E-state index >= 15 is 0 Å². The highest BCUT2D eigenvalue weighted by atomic mass is 32.2. The molecule has 0 aliphatic heterocycles. The highest BCUT2D eigenvalue weighted by molar-refractivity contribution is 7.91. The molecule has 4 aromatic heterocycles. The number of imidazole rings is 1. The van der Waals surface area contributed by atoms with E-state index in [0.717, 1.165) is 11.5 Å². The van der Waals surface area contributed by atoms with Crippen molar-refractivity contribution < 1.29 is 17.2 Å². The Kier molecular flexibility index (Phi) is 5.75. The van der Waals surface area contributed by atoms with Crippen LogP contribution in [-0.4, -0.2) is 38.3 Å². The van der Waals surface area contributed by atoms with Crippen molar-refractivity contribution in [2.75, 3.05) is 5.75 Å². The first-order chi connectivity index (χ1) is 18.9. The van der Waals surface area contributed by atoms with E-state index in [4.69, 9.17) is 0 Å². The first-order valence-corrected chi connectivity index (χ1v) is 14.7. The van der Waals surface area contributed by atoms with E-state index in [-0.39, 0.29) is 39.2 Å². The molecule has 0 atom stereocenters. The third-order valence-corrected chi connectivity index (χ3v) is 9.46. The van der Waals surface area contributed by atoms with E-state index in [1.807, 2.05) is 0 Å². The molecule has 206 valence electrons. The normalized spacial score (nSPS) is 16.7. The van der Waals surface area contributed by atoms with Gasteiger partial charge in [0.15, 0.2) is 15.7 Å². The van der Waals surface area contributed by atoms with E-state index in [1.54, 1.807) is 25.2 Å². The molecule has 9 nitrogen and oxygen atoms in total. The summed E-state index contributed by atoms with van der Waals surface area (Å²) in [4.78, 5) is 26.9. The summed E-state index contributed by atoms with van der Waals surface area (Å²) in [6, 6.07) is 9.96. The predicted octanol–water partition coefficient (Wildman–Crippen LogP) is 4.65. The molecule has 6 rings (SSSR count). The van der Waals surface area contributed by atoms with Gasteiger partial charge in [-0.05, 0) is 49.9 Å². The molecule has 4 heterocycles. The topological polar surface area (TPSA) is 124 Å². The molecule has 0 bridgehead atoms. The zero-order valence-corrected chi connectivity index (χ0v) is 23.0. The minimum absolute atomic E-state index is 0.0123. The van der Waals surface area contributed by atoms with Gasteiger partial charge >= 0.3 is 0 Å². The number of aromatic nitrogens is 5. The zero-order chi connectivity index (χ0) is 28.6. The van der Waals surface area contributed by atoms with Crippen molar-refractivity contribution in [3.63, 3.8) is 0 Å².